The van der Waals surface area contributed by atoms with E-state index in [2.05, 4.69) is 31.3 Å². The number of sulfonamides is 1. The third-order valence-corrected chi connectivity index (χ3v) is 5.64. The molecule has 17 heteroatoms. The molecule has 2 aromatic rings. The van der Waals surface area contributed by atoms with Gasteiger partial charge in [-0.2, -0.15) is 5.10 Å². The monoisotopic (exact) mass is 496 g/mol. The SMILES string of the molecule is CCN1NNN=C1NC(=O)c1ccc(OC(F)(F)F)c(NS(=O)(=O)c2cnn(C)c2)c1Cl. The normalized spacial score (nSPS) is 14.1. The molecule has 0 saturated heterocycles. The summed E-state index contributed by atoms with van der Waals surface area (Å²) in [7, 11) is -2.97. The zero-order valence-electron chi connectivity index (χ0n) is 16.4. The number of halogens is 4. The van der Waals surface area contributed by atoms with Crippen LogP contribution in [-0.4, -0.2) is 48.0 Å². The third-order valence-electron chi connectivity index (χ3n) is 3.95. The van der Waals surface area contributed by atoms with Gasteiger partial charge in [0.25, 0.3) is 15.9 Å². The number of ether oxygens (including phenoxy) is 1. The van der Waals surface area contributed by atoms with E-state index in [0.717, 1.165) is 24.5 Å². The molecule has 0 radical (unpaired) electrons. The standard InChI is InChI=1S/C15H16ClF3N8O4S/c1-3-27-14(22-24-25-27)21-13(28)9-4-5-10(31-15(17,18)19)12(11(9)16)23-32(29,30)8-6-20-26(2)7-8/h4-7,23-25H,3H2,1-2H3,(H,21,22,28). The maximum Gasteiger partial charge on any atom is 0.573 e. The number of benzene rings is 1. The van der Waals surface area contributed by atoms with Gasteiger partial charge in [-0.3, -0.25) is 24.5 Å². The van der Waals surface area contributed by atoms with Crippen LogP contribution in [-0.2, 0) is 17.1 Å². The number of amides is 1. The second-order valence-corrected chi connectivity index (χ2v) is 8.22. The molecule has 0 spiro atoms. The fraction of sp³-hybridized carbons (Fsp3) is 0.267. The van der Waals surface area contributed by atoms with E-state index in [0.29, 0.717) is 6.54 Å². The molecule has 3 rings (SSSR count). The van der Waals surface area contributed by atoms with Gasteiger partial charge in [0.05, 0.1) is 16.8 Å². The molecule has 1 aliphatic heterocycles. The first kappa shape index (κ1) is 23.4. The molecular formula is C15H16ClF3N8O4S. The lowest BCUT2D eigenvalue weighted by atomic mass is 10.1. The van der Waals surface area contributed by atoms with Crippen LogP contribution in [0.3, 0.4) is 0 Å². The van der Waals surface area contributed by atoms with E-state index in [1.54, 1.807) is 6.92 Å². The van der Waals surface area contributed by atoms with Crippen LogP contribution >= 0.6 is 11.6 Å². The number of carbonyl (C=O) groups excluding carboxylic acids is 1. The maximum atomic E-state index is 12.9. The summed E-state index contributed by atoms with van der Waals surface area (Å²) in [4.78, 5) is 12.3. The summed E-state index contributed by atoms with van der Waals surface area (Å²) >= 11 is 6.15. The molecule has 0 aliphatic carbocycles. The summed E-state index contributed by atoms with van der Waals surface area (Å²) in [5.74, 6) is -1.76. The molecule has 0 atom stereocenters. The van der Waals surface area contributed by atoms with Gasteiger partial charge < -0.3 is 4.74 Å². The minimum Gasteiger partial charge on any atom is -0.403 e. The summed E-state index contributed by atoms with van der Waals surface area (Å²) < 4.78 is 70.8. The molecule has 1 aromatic heterocycles. The third kappa shape index (κ3) is 5.14. The Labute approximate surface area is 184 Å². The molecule has 1 aliphatic rings. The number of hydrogen-bond donors (Lipinski definition) is 4. The van der Waals surface area contributed by atoms with Crippen LogP contribution in [0.4, 0.5) is 18.9 Å². The maximum absolute atomic E-state index is 12.9. The number of aromatic nitrogens is 2. The summed E-state index contributed by atoms with van der Waals surface area (Å²) in [6.07, 6.45) is -3.05. The lowest BCUT2D eigenvalue weighted by molar-refractivity contribution is -0.274. The van der Waals surface area contributed by atoms with Gasteiger partial charge in [-0.1, -0.05) is 11.6 Å². The topological polar surface area (TPSA) is 142 Å². The number of rotatable bonds is 6. The number of hydrazine groups is 2. The Bertz CT molecular complexity index is 1170. The van der Waals surface area contributed by atoms with E-state index in [9.17, 15) is 26.4 Å². The van der Waals surface area contributed by atoms with Gasteiger partial charge in [0.15, 0.2) is 5.75 Å². The summed E-state index contributed by atoms with van der Waals surface area (Å²) in [5, 5.41) is 10.7. The molecular weight excluding hydrogens is 481 g/mol. The number of hydrazone groups is 1. The highest BCUT2D eigenvalue weighted by molar-refractivity contribution is 7.92. The molecule has 32 heavy (non-hydrogen) atoms. The fourth-order valence-electron chi connectivity index (χ4n) is 2.51. The number of alkyl halides is 3. The van der Waals surface area contributed by atoms with Crippen molar-refractivity contribution in [2.24, 2.45) is 12.1 Å². The Hall–Kier alpha value is -3.24. The second kappa shape index (κ2) is 8.71. The van der Waals surface area contributed by atoms with Crippen LogP contribution in [0.25, 0.3) is 0 Å². The van der Waals surface area contributed by atoms with E-state index >= 15 is 0 Å². The molecule has 1 aromatic carbocycles. The Balaban J connectivity index is 2.00. The van der Waals surface area contributed by atoms with Crippen molar-refractivity contribution < 1.29 is 31.1 Å². The van der Waals surface area contributed by atoms with E-state index in [1.807, 2.05) is 4.72 Å². The first-order chi connectivity index (χ1) is 14.9. The van der Waals surface area contributed by atoms with E-state index in [4.69, 9.17) is 11.6 Å². The van der Waals surface area contributed by atoms with Crippen LogP contribution in [0.2, 0.25) is 5.02 Å². The van der Waals surface area contributed by atoms with Crippen LogP contribution in [0.1, 0.15) is 17.3 Å². The highest BCUT2D eigenvalue weighted by atomic mass is 35.5. The van der Waals surface area contributed by atoms with Crippen molar-refractivity contribution in [2.75, 3.05) is 11.3 Å². The first-order valence-corrected chi connectivity index (χ1v) is 10.5. The molecule has 0 saturated carbocycles. The number of guanidine groups is 1. The first-order valence-electron chi connectivity index (χ1n) is 8.68. The molecule has 0 unspecified atom stereocenters. The van der Waals surface area contributed by atoms with Gasteiger partial charge in [0, 0.05) is 19.8 Å². The molecule has 0 bridgehead atoms. The molecule has 2 heterocycles. The van der Waals surface area contributed by atoms with Crippen molar-refractivity contribution in [3.8, 4) is 5.75 Å². The summed E-state index contributed by atoms with van der Waals surface area (Å²) in [5.41, 5.74) is 3.91. The number of anilines is 1. The molecule has 0 fully saturated rings. The number of carbonyl (C=O) groups is 1. The molecule has 1 amide bonds. The zero-order valence-corrected chi connectivity index (χ0v) is 17.9. The minimum absolute atomic E-state index is 0.0571. The largest absolute Gasteiger partial charge is 0.573 e. The number of nitrogens with one attached hydrogen (secondary N) is 4. The molecule has 174 valence electrons. The Morgan fingerprint density at radius 1 is 1.34 bits per heavy atom. The van der Waals surface area contributed by atoms with Crippen LogP contribution < -0.4 is 25.8 Å². The summed E-state index contributed by atoms with van der Waals surface area (Å²) in [6, 6.07) is 1.72. The smallest absolute Gasteiger partial charge is 0.403 e. The fourth-order valence-corrected chi connectivity index (χ4v) is 3.93. The van der Waals surface area contributed by atoms with Crippen molar-refractivity contribution >= 4 is 39.2 Å². The second-order valence-electron chi connectivity index (χ2n) is 6.16. The highest BCUT2D eigenvalue weighted by Crippen LogP contribution is 2.39. The quantitative estimate of drug-likeness (QED) is 0.466. The average molecular weight is 497 g/mol. The van der Waals surface area contributed by atoms with Crippen molar-refractivity contribution in [1.82, 2.24) is 31.2 Å². The zero-order chi connectivity index (χ0) is 23.7. The van der Waals surface area contributed by atoms with Gasteiger partial charge >= 0.3 is 6.36 Å². The number of nitrogens with zero attached hydrogens (tertiary/aromatic N) is 4. The average Bonchev–Trinajstić information content (AvgIpc) is 3.32. The van der Waals surface area contributed by atoms with Crippen molar-refractivity contribution in [1.29, 1.82) is 0 Å². The van der Waals surface area contributed by atoms with Gasteiger partial charge in [-0.25, -0.2) is 14.0 Å². The Kier molecular flexibility index (Phi) is 6.38. The van der Waals surface area contributed by atoms with Crippen LogP contribution in [0.15, 0.2) is 34.5 Å². The van der Waals surface area contributed by atoms with Gasteiger partial charge in [0.2, 0.25) is 5.96 Å². The predicted molar refractivity (Wildman–Crippen MR) is 106 cm³/mol. The lowest BCUT2D eigenvalue weighted by Crippen LogP contribution is -2.47. The summed E-state index contributed by atoms with van der Waals surface area (Å²) in [6.45, 7) is 2.15. The van der Waals surface area contributed by atoms with Gasteiger partial charge in [-0.05, 0) is 19.1 Å². The Morgan fingerprint density at radius 3 is 2.66 bits per heavy atom. The lowest BCUT2D eigenvalue weighted by Gasteiger charge is -2.19. The van der Waals surface area contributed by atoms with E-state index in [1.165, 1.54) is 16.7 Å². The number of hydrogen-bond acceptors (Lipinski definition) is 9. The minimum atomic E-state index is -5.15. The van der Waals surface area contributed by atoms with Crippen molar-refractivity contribution in [2.45, 2.75) is 18.2 Å². The molecule has 12 nitrogen and oxygen atoms in total. The predicted octanol–water partition coefficient (Wildman–Crippen LogP) is 1.12. The van der Waals surface area contributed by atoms with E-state index in [-0.39, 0.29) is 16.4 Å². The van der Waals surface area contributed by atoms with E-state index < -0.39 is 38.8 Å². The van der Waals surface area contributed by atoms with Gasteiger partial charge in [0.1, 0.15) is 10.6 Å². The Morgan fingerprint density at radius 2 is 2.06 bits per heavy atom. The molecule has 4 N–H and O–H groups in total. The van der Waals surface area contributed by atoms with Crippen molar-refractivity contribution in [3.05, 3.63) is 35.1 Å². The van der Waals surface area contributed by atoms with Crippen LogP contribution in [0.5, 0.6) is 5.75 Å². The van der Waals surface area contributed by atoms with Crippen molar-refractivity contribution in [3.63, 3.8) is 0 Å². The van der Waals surface area contributed by atoms with Crippen LogP contribution in [0, 0.1) is 0 Å². The highest BCUT2D eigenvalue weighted by Gasteiger charge is 2.34. The number of aryl methyl sites for hydroxylation is 1. The van der Waals surface area contributed by atoms with Gasteiger partial charge in [-0.15, -0.1) is 23.8 Å².